The molecule has 1 aromatic heterocycles. The van der Waals surface area contributed by atoms with Gasteiger partial charge in [-0.25, -0.2) is 0 Å². The Bertz CT molecular complexity index is 1390. The van der Waals surface area contributed by atoms with Crippen molar-refractivity contribution in [1.29, 1.82) is 0 Å². The number of anilines is 1. The lowest BCUT2D eigenvalue weighted by Gasteiger charge is -2.42. The summed E-state index contributed by atoms with van der Waals surface area (Å²) < 4.78 is 39.8. The average Bonchev–Trinajstić information content (AvgIpc) is 3.18. The van der Waals surface area contributed by atoms with Gasteiger partial charge in [-0.2, -0.15) is 13.2 Å². The molecule has 3 aliphatic heterocycles. The standard InChI is InChI=1S/C29H28ClF3N4O/c30-26-8-5-20(14-25(26)29(31,32)33)19-9-11-36(12-10-19)28(38)18-35-16-22-6-7-23(17-35)37(22)24-13-21-3-1-2-4-27(21)34-15-24/h1-5,8-9,13-15,22-23H,6-7,10-12,16-18H2. The van der Waals surface area contributed by atoms with Crippen LogP contribution in [0, 0.1) is 0 Å². The molecule has 1 amide bonds. The maximum Gasteiger partial charge on any atom is 0.417 e. The number of fused-ring (bicyclic) bond motifs is 3. The summed E-state index contributed by atoms with van der Waals surface area (Å²) in [6, 6.07) is 15.1. The zero-order valence-corrected chi connectivity index (χ0v) is 21.5. The van der Waals surface area contributed by atoms with E-state index in [1.807, 2.05) is 30.5 Å². The lowest BCUT2D eigenvalue weighted by Crippen LogP contribution is -2.56. The van der Waals surface area contributed by atoms with Gasteiger partial charge in [-0.1, -0.05) is 41.9 Å². The smallest absolute Gasteiger partial charge is 0.362 e. The van der Waals surface area contributed by atoms with Crippen LogP contribution in [0.4, 0.5) is 18.9 Å². The molecule has 2 bridgehead atoms. The fraction of sp³-hybridized carbons (Fsp3) is 0.379. The minimum atomic E-state index is -4.50. The molecule has 2 aromatic carbocycles. The van der Waals surface area contributed by atoms with Crippen molar-refractivity contribution in [3.8, 4) is 0 Å². The van der Waals surface area contributed by atoms with Crippen LogP contribution in [-0.2, 0) is 11.0 Å². The Labute approximate surface area is 224 Å². The monoisotopic (exact) mass is 540 g/mol. The Hall–Kier alpha value is -3.10. The average molecular weight is 541 g/mol. The number of hydrogen-bond acceptors (Lipinski definition) is 4. The number of benzene rings is 2. The highest BCUT2D eigenvalue weighted by Crippen LogP contribution is 2.38. The number of pyridine rings is 1. The van der Waals surface area contributed by atoms with Gasteiger partial charge < -0.3 is 9.80 Å². The number of nitrogens with zero attached hydrogens (tertiary/aromatic N) is 4. The Balaban J connectivity index is 1.08. The third-order valence-corrected chi connectivity index (χ3v) is 8.32. The number of hydrogen-bond donors (Lipinski definition) is 0. The molecule has 0 saturated carbocycles. The van der Waals surface area contributed by atoms with Crippen LogP contribution < -0.4 is 4.90 Å². The molecular formula is C29H28ClF3N4O. The van der Waals surface area contributed by atoms with Crippen LogP contribution in [0.2, 0.25) is 5.02 Å². The maximum absolute atomic E-state index is 13.3. The lowest BCUT2D eigenvalue weighted by atomic mass is 9.97. The van der Waals surface area contributed by atoms with E-state index in [-0.39, 0.29) is 10.9 Å². The number of amides is 1. The van der Waals surface area contributed by atoms with Gasteiger partial charge in [-0.15, -0.1) is 0 Å². The summed E-state index contributed by atoms with van der Waals surface area (Å²) in [6.45, 7) is 2.90. The van der Waals surface area contributed by atoms with E-state index in [0.717, 1.165) is 54.2 Å². The Morgan fingerprint density at radius 1 is 1.05 bits per heavy atom. The summed E-state index contributed by atoms with van der Waals surface area (Å²) >= 11 is 5.77. The lowest BCUT2D eigenvalue weighted by molar-refractivity contribution is -0.137. The molecule has 38 heavy (non-hydrogen) atoms. The van der Waals surface area contributed by atoms with E-state index in [4.69, 9.17) is 11.6 Å². The number of piperazine rings is 1. The Kier molecular flexibility index (Phi) is 6.56. The molecule has 0 spiro atoms. The SMILES string of the molecule is O=C(CN1CC2CCC(C1)N2c1cnc2ccccc2c1)N1CC=C(c2ccc(Cl)c(C(F)(F)F)c2)CC1. The van der Waals surface area contributed by atoms with Crippen LogP contribution in [0.1, 0.15) is 30.4 Å². The van der Waals surface area contributed by atoms with E-state index < -0.39 is 11.7 Å². The van der Waals surface area contributed by atoms with Gasteiger partial charge in [-0.3, -0.25) is 14.7 Å². The van der Waals surface area contributed by atoms with E-state index >= 15 is 0 Å². The van der Waals surface area contributed by atoms with Gasteiger partial charge >= 0.3 is 6.18 Å². The normalized spacial score (nSPS) is 22.2. The third-order valence-electron chi connectivity index (χ3n) is 8.00. The van der Waals surface area contributed by atoms with E-state index in [2.05, 4.69) is 26.9 Å². The molecular weight excluding hydrogens is 513 g/mol. The second-order valence-corrected chi connectivity index (χ2v) is 10.8. The molecule has 0 radical (unpaired) electrons. The van der Waals surface area contributed by atoms with Gasteiger partial charge in [0.2, 0.25) is 5.91 Å². The number of carbonyl (C=O) groups excluding carboxylic acids is 1. The molecule has 0 aliphatic carbocycles. The van der Waals surface area contributed by atoms with Crippen molar-refractivity contribution in [3.05, 3.63) is 77.0 Å². The first-order chi connectivity index (χ1) is 18.3. The molecule has 2 unspecified atom stereocenters. The zero-order valence-electron chi connectivity index (χ0n) is 20.8. The summed E-state index contributed by atoms with van der Waals surface area (Å²) in [5, 5.41) is 0.827. The Morgan fingerprint density at radius 2 is 1.82 bits per heavy atom. The highest BCUT2D eigenvalue weighted by Gasteiger charge is 2.41. The minimum absolute atomic E-state index is 0.0626. The summed E-state index contributed by atoms with van der Waals surface area (Å²) in [6.07, 6.45) is 2.03. The quantitative estimate of drug-likeness (QED) is 0.414. The summed E-state index contributed by atoms with van der Waals surface area (Å²) in [7, 11) is 0. The van der Waals surface area contributed by atoms with E-state index in [1.54, 1.807) is 11.0 Å². The highest BCUT2D eigenvalue weighted by atomic mass is 35.5. The number of para-hydroxylation sites is 1. The van der Waals surface area contributed by atoms with Gasteiger partial charge in [0.1, 0.15) is 0 Å². The molecule has 198 valence electrons. The van der Waals surface area contributed by atoms with E-state index in [1.165, 1.54) is 6.07 Å². The Morgan fingerprint density at radius 3 is 2.53 bits per heavy atom. The highest BCUT2D eigenvalue weighted by molar-refractivity contribution is 6.31. The van der Waals surface area contributed by atoms with Crippen LogP contribution in [0.15, 0.2) is 60.8 Å². The zero-order chi connectivity index (χ0) is 26.4. The fourth-order valence-corrected chi connectivity index (χ4v) is 6.36. The number of carbonyl (C=O) groups is 1. The molecule has 4 heterocycles. The van der Waals surface area contributed by atoms with Crippen LogP contribution in [0.25, 0.3) is 16.5 Å². The molecule has 0 N–H and O–H groups in total. The van der Waals surface area contributed by atoms with Crippen LogP contribution in [0.5, 0.6) is 0 Å². The second-order valence-electron chi connectivity index (χ2n) is 10.4. The van der Waals surface area contributed by atoms with Gasteiger partial charge in [0, 0.05) is 43.6 Å². The summed E-state index contributed by atoms with van der Waals surface area (Å²) in [4.78, 5) is 24.3. The first-order valence-corrected chi connectivity index (χ1v) is 13.3. The van der Waals surface area contributed by atoms with Crippen molar-refractivity contribution in [2.24, 2.45) is 0 Å². The second kappa shape index (κ2) is 9.89. The predicted molar refractivity (Wildman–Crippen MR) is 143 cm³/mol. The fourth-order valence-electron chi connectivity index (χ4n) is 6.13. The summed E-state index contributed by atoms with van der Waals surface area (Å²) in [5.74, 6) is 0.0626. The predicted octanol–water partition coefficient (Wildman–Crippen LogP) is 5.88. The van der Waals surface area contributed by atoms with E-state index in [9.17, 15) is 18.0 Å². The first kappa shape index (κ1) is 25.2. The van der Waals surface area contributed by atoms with Gasteiger partial charge in [0.25, 0.3) is 0 Å². The van der Waals surface area contributed by atoms with Crippen molar-refractivity contribution in [2.45, 2.75) is 37.5 Å². The number of aromatic nitrogens is 1. The molecule has 2 atom stereocenters. The summed E-state index contributed by atoms with van der Waals surface area (Å²) in [5.41, 5.74) is 2.62. The molecule has 5 nitrogen and oxygen atoms in total. The number of alkyl halides is 3. The van der Waals surface area contributed by atoms with Crippen LogP contribution >= 0.6 is 11.6 Å². The molecule has 2 fully saturated rings. The molecule has 3 aromatic rings. The number of rotatable bonds is 4. The number of likely N-dealkylation sites (tertiary alicyclic amines) is 1. The van der Waals surface area contributed by atoms with Crippen molar-refractivity contribution in [1.82, 2.24) is 14.8 Å². The largest absolute Gasteiger partial charge is 0.417 e. The van der Waals surface area contributed by atoms with Crippen molar-refractivity contribution in [2.75, 3.05) is 37.6 Å². The topological polar surface area (TPSA) is 39.7 Å². The number of halogens is 4. The molecule has 3 aliphatic rings. The third kappa shape index (κ3) is 4.87. The van der Waals surface area contributed by atoms with Crippen molar-refractivity contribution in [3.63, 3.8) is 0 Å². The van der Waals surface area contributed by atoms with Crippen molar-refractivity contribution < 1.29 is 18.0 Å². The van der Waals surface area contributed by atoms with E-state index in [0.29, 0.717) is 43.7 Å². The van der Waals surface area contributed by atoms with Crippen LogP contribution in [0.3, 0.4) is 0 Å². The maximum atomic E-state index is 13.3. The molecule has 6 rings (SSSR count). The first-order valence-electron chi connectivity index (χ1n) is 13.0. The van der Waals surface area contributed by atoms with Gasteiger partial charge in [0.05, 0.1) is 34.5 Å². The molecule has 9 heteroatoms. The van der Waals surface area contributed by atoms with Gasteiger partial charge in [-0.05, 0) is 54.7 Å². The molecule has 2 saturated heterocycles. The minimum Gasteiger partial charge on any atom is -0.362 e. The van der Waals surface area contributed by atoms with Crippen molar-refractivity contribution >= 4 is 39.7 Å². The van der Waals surface area contributed by atoms with Crippen LogP contribution in [-0.4, -0.2) is 65.5 Å². The van der Waals surface area contributed by atoms with Gasteiger partial charge in [0.15, 0.2) is 0 Å².